The molecule has 3 aliphatic rings. The smallest absolute Gasteiger partial charge is 0.380 e. The highest BCUT2D eigenvalue weighted by Crippen LogP contribution is 2.51. The van der Waals surface area contributed by atoms with Gasteiger partial charge in [0.15, 0.2) is 0 Å². The second-order valence-electron chi connectivity index (χ2n) is 12.2. The molecule has 2 aromatic heterocycles. The number of hydrogen-bond acceptors (Lipinski definition) is 7. The summed E-state index contributed by atoms with van der Waals surface area (Å²) >= 11 is 1.35. The van der Waals surface area contributed by atoms with Crippen LogP contribution in [0, 0.1) is 5.41 Å². The number of carbonyl (C=O) groups excluding carboxylic acids is 1. The molecule has 2 aromatic carbocycles. The highest BCUT2D eigenvalue weighted by molar-refractivity contribution is 7.99. The van der Waals surface area contributed by atoms with Gasteiger partial charge in [-0.15, -0.1) is 11.8 Å². The first-order valence-electron chi connectivity index (χ1n) is 14.4. The number of ether oxygens (including phenoxy) is 1. The van der Waals surface area contributed by atoms with Gasteiger partial charge in [-0.2, -0.15) is 23.3 Å². The van der Waals surface area contributed by atoms with E-state index in [0.717, 1.165) is 11.5 Å². The topological polar surface area (TPSA) is 85.5 Å². The SMILES string of the molecule is C=CC(=O)N1[C@H](C)CN(c2nc(=O)n3c4c(c(-c5cccc6cnn(C)c56)c(C(F)(F)F)cc24)SCC2(COC2)C3)C[C@@H]1C. The number of fused-ring (bicyclic) bond motifs is 1. The molecule has 2 fully saturated rings. The van der Waals surface area contributed by atoms with E-state index in [1.54, 1.807) is 39.5 Å². The summed E-state index contributed by atoms with van der Waals surface area (Å²) in [5.41, 5.74) is -0.244. The first-order valence-corrected chi connectivity index (χ1v) is 15.4. The van der Waals surface area contributed by atoms with Crippen molar-refractivity contribution in [3.63, 3.8) is 0 Å². The zero-order valence-electron chi connectivity index (χ0n) is 24.5. The number of alkyl halides is 3. The molecule has 44 heavy (non-hydrogen) atoms. The molecular formula is C31H31F3N6O3S. The second kappa shape index (κ2) is 10.1. The Labute approximate surface area is 255 Å². The molecule has 4 aromatic rings. The van der Waals surface area contributed by atoms with Gasteiger partial charge in [-0.1, -0.05) is 24.8 Å². The van der Waals surface area contributed by atoms with Crippen molar-refractivity contribution in [2.24, 2.45) is 12.5 Å². The summed E-state index contributed by atoms with van der Waals surface area (Å²) < 4.78 is 54.3. The molecule has 2 atom stereocenters. The van der Waals surface area contributed by atoms with E-state index in [1.807, 2.05) is 24.8 Å². The Hall–Kier alpha value is -3.84. The fourth-order valence-corrected chi connectivity index (χ4v) is 8.48. The molecule has 230 valence electrons. The monoisotopic (exact) mass is 624 g/mol. The van der Waals surface area contributed by atoms with Crippen LogP contribution in [0.2, 0.25) is 0 Å². The summed E-state index contributed by atoms with van der Waals surface area (Å²) in [7, 11) is 1.71. The van der Waals surface area contributed by atoms with E-state index in [9.17, 15) is 9.59 Å². The average molecular weight is 625 g/mol. The Morgan fingerprint density at radius 3 is 2.55 bits per heavy atom. The van der Waals surface area contributed by atoms with E-state index in [1.165, 1.54) is 17.8 Å². The number of carbonyl (C=O) groups is 1. The van der Waals surface area contributed by atoms with Gasteiger partial charge < -0.3 is 14.5 Å². The molecule has 0 bridgehead atoms. The molecule has 1 amide bonds. The van der Waals surface area contributed by atoms with E-state index in [4.69, 9.17) is 4.74 Å². The van der Waals surface area contributed by atoms with Crippen LogP contribution in [0.25, 0.3) is 32.9 Å². The van der Waals surface area contributed by atoms with Crippen LogP contribution in [0.15, 0.2) is 52.8 Å². The Bertz CT molecular complexity index is 1900. The maximum atomic E-state index is 15.2. The van der Waals surface area contributed by atoms with Gasteiger partial charge in [0.05, 0.1) is 36.0 Å². The summed E-state index contributed by atoms with van der Waals surface area (Å²) in [6.07, 6.45) is -1.81. The number of hydrogen-bond donors (Lipinski definition) is 0. The van der Waals surface area contributed by atoms with Gasteiger partial charge >= 0.3 is 11.9 Å². The van der Waals surface area contributed by atoms with Crippen molar-refractivity contribution in [2.75, 3.05) is 37.0 Å². The second-order valence-corrected chi connectivity index (χ2v) is 13.2. The summed E-state index contributed by atoms with van der Waals surface area (Å²) in [5, 5.41) is 5.30. The van der Waals surface area contributed by atoms with Crippen molar-refractivity contribution in [3.05, 3.63) is 59.2 Å². The predicted molar refractivity (Wildman–Crippen MR) is 163 cm³/mol. The first-order chi connectivity index (χ1) is 20.9. The van der Waals surface area contributed by atoms with Crippen molar-refractivity contribution in [1.82, 2.24) is 24.2 Å². The molecule has 5 heterocycles. The van der Waals surface area contributed by atoms with Crippen molar-refractivity contribution in [3.8, 4) is 11.1 Å². The number of thioether (sulfide) groups is 1. The molecule has 9 nitrogen and oxygen atoms in total. The van der Waals surface area contributed by atoms with Gasteiger partial charge in [0.2, 0.25) is 5.91 Å². The molecule has 0 radical (unpaired) electrons. The highest BCUT2D eigenvalue weighted by atomic mass is 32.2. The third kappa shape index (κ3) is 4.34. The molecule has 13 heteroatoms. The molecule has 0 aliphatic carbocycles. The number of anilines is 1. The maximum absolute atomic E-state index is 15.2. The van der Waals surface area contributed by atoms with Crippen molar-refractivity contribution >= 4 is 45.3 Å². The Balaban J connectivity index is 1.54. The normalized spacial score (nSPS) is 21.5. The highest BCUT2D eigenvalue weighted by Gasteiger charge is 2.45. The van der Waals surface area contributed by atoms with Gasteiger partial charge in [0, 0.05) is 76.7 Å². The minimum absolute atomic E-state index is 0.0370. The van der Waals surface area contributed by atoms with Crippen LogP contribution in [0.4, 0.5) is 19.0 Å². The number of nitrogens with zero attached hydrogens (tertiary/aromatic N) is 6. The molecule has 7 rings (SSSR count). The molecule has 0 saturated carbocycles. The van der Waals surface area contributed by atoms with Crippen LogP contribution < -0.4 is 10.6 Å². The average Bonchev–Trinajstić information content (AvgIpc) is 3.23. The van der Waals surface area contributed by atoms with Crippen LogP contribution in [0.1, 0.15) is 19.4 Å². The quantitative estimate of drug-likeness (QED) is 0.306. The first kappa shape index (κ1) is 28.9. The van der Waals surface area contributed by atoms with Crippen LogP contribution in [-0.2, 0) is 29.3 Å². The number of rotatable bonds is 3. The third-order valence-corrected chi connectivity index (χ3v) is 10.5. The molecule has 0 N–H and O–H groups in total. The number of para-hydroxylation sites is 1. The largest absolute Gasteiger partial charge is 0.417 e. The number of piperazine rings is 1. The third-order valence-electron chi connectivity index (χ3n) is 9.01. The lowest BCUT2D eigenvalue weighted by Crippen LogP contribution is -2.58. The van der Waals surface area contributed by atoms with E-state index < -0.39 is 22.8 Å². The van der Waals surface area contributed by atoms with Crippen molar-refractivity contribution < 1.29 is 22.7 Å². The van der Waals surface area contributed by atoms with Crippen molar-refractivity contribution in [1.29, 1.82) is 0 Å². The minimum Gasteiger partial charge on any atom is -0.380 e. The van der Waals surface area contributed by atoms with Crippen LogP contribution in [0.3, 0.4) is 0 Å². The van der Waals surface area contributed by atoms with E-state index in [-0.39, 0.29) is 34.8 Å². The summed E-state index contributed by atoms with van der Waals surface area (Å²) in [5.74, 6) is 0.470. The van der Waals surface area contributed by atoms with Crippen molar-refractivity contribution in [2.45, 2.75) is 43.5 Å². The molecular weight excluding hydrogens is 593 g/mol. The number of aromatic nitrogens is 4. The summed E-state index contributed by atoms with van der Waals surface area (Å²) in [4.78, 5) is 34.9. The molecule has 1 spiro atoms. The van der Waals surface area contributed by atoms with Crippen LogP contribution in [0.5, 0.6) is 0 Å². The van der Waals surface area contributed by atoms with Gasteiger partial charge in [-0.25, -0.2) is 4.79 Å². The number of halogens is 3. The van der Waals surface area contributed by atoms with Crippen LogP contribution >= 0.6 is 11.8 Å². The van der Waals surface area contributed by atoms with Gasteiger partial charge in [0.1, 0.15) is 5.82 Å². The minimum atomic E-state index is -4.71. The van der Waals surface area contributed by atoms with E-state index in [2.05, 4.69) is 16.7 Å². The van der Waals surface area contributed by atoms with E-state index >= 15 is 13.2 Å². The van der Waals surface area contributed by atoms with Gasteiger partial charge in [0.25, 0.3) is 0 Å². The van der Waals surface area contributed by atoms with Gasteiger partial charge in [-0.05, 0) is 26.0 Å². The molecule has 0 unspecified atom stereocenters. The molecule has 2 saturated heterocycles. The number of aryl methyl sites for hydroxylation is 1. The zero-order valence-corrected chi connectivity index (χ0v) is 25.3. The Kier molecular flexibility index (Phi) is 6.63. The Morgan fingerprint density at radius 2 is 1.91 bits per heavy atom. The lowest BCUT2D eigenvalue weighted by molar-refractivity contribution is -0.137. The summed E-state index contributed by atoms with van der Waals surface area (Å²) in [6.45, 7) is 9.07. The number of amides is 1. The van der Waals surface area contributed by atoms with Crippen LogP contribution in [-0.4, -0.2) is 74.3 Å². The fourth-order valence-electron chi connectivity index (χ4n) is 7.05. The zero-order chi connectivity index (χ0) is 31.1. The predicted octanol–water partition coefficient (Wildman–Crippen LogP) is 4.70. The van der Waals surface area contributed by atoms with Gasteiger partial charge in [-0.3, -0.25) is 14.0 Å². The fraction of sp³-hybridized carbons (Fsp3) is 0.419. The lowest BCUT2D eigenvalue weighted by Gasteiger charge is -2.44. The lowest BCUT2D eigenvalue weighted by atomic mass is 9.88. The number of benzene rings is 2. The standard InChI is InChI=1S/C31H31F3N6O3S/c1-5-23(41)40-17(2)11-38(12-18(40)3)28-21-9-22(31(32,33)34)24(20-8-6-7-19-10-35-37(4)25(19)20)27-26(21)39(29(42)36-28)13-30(16-44-27)14-43-15-30/h5-10,17-18H,1,11-16H2,2-4H3/t17-,18+. The van der Waals surface area contributed by atoms with E-state index in [0.29, 0.717) is 60.1 Å². The molecule has 3 aliphatic heterocycles. The summed E-state index contributed by atoms with van der Waals surface area (Å²) in [6, 6.07) is 5.83. The Morgan fingerprint density at radius 1 is 1.18 bits per heavy atom. The maximum Gasteiger partial charge on any atom is 0.417 e.